The SMILES string of the molecule is CC(C)NCc1ccc(F)c(-c2ccc(Cl)cc2F)c1. The second kappa shape index (κ2) is 6.33. The highest BCUT2D eigenvalue weighted by Gasteiger charge is 2.11. The molecule has 20 heavy (non-hydrogen) atoms. The highest BCUT2D eigenvalue weighted by molar-refractivity contribution is 6.30. The van der Waals surface area contributed by atoms with E-state index < -0.39 is 11.6 Å². The Bertz CT molecular complexity index is 611. The first kappa shape index (κ1) is 14.9. The third kappa shape index (κ3) is 3.56. The van der Waals surface area contributed by atoms with Gasteiger partial charge in [0, 0.05) is 28.7 Å². The molecule has 0 spiro atoms. The summed E-state index contributed by atoms with van der Waals surface area (Å²) >= 11 is 5.72. The van der Waals surface area contributed by atoms with Crippen molar-refractivity contribution < 1.29 is 8.78 Å². The average molecular weight is 296 g/mol. The molecule has 106 valence electrons. The number of halogens is 3. The van der Waals surface area contributed by atoms with Gasteiger partial charge in [-0.25, -0.2) is 8.78 Å². The largest absolute Gasteiger partial charge is 0.310 e. The fraction of sp³-hybridized carbons (Fsp3) is 0.250. The van der Waals surface area contributed by atoms with Crippen LogP contribution in [0.1, 0.15) is 19.4 Å². The second-order valence-corrected chi connectivity index (χ2v) is 5.41. The van der Waals surface area contributed by atoms with Gasteiger partial charge in [-0.1, -0.05) is 31.5 Å². The third-order valence-corrected chi connectivity index (χ3v) is 3.20. The van der Waals surface area contributed by atoms with E-state index >= 15 is 0 Å². The average Bonchev–Trinajstić information content (AvgIpc) is 2.38. The molecule has 0 saturated carbocycles. The van der Waals surface area contributed by atoms with Crippen molar-refractivity contribution in [2.75, 3.05) is 0 Å². The summed E-state index contributed by atoms with van der Waals surface area (Å²) in [4.78, 5) is 0. The lowest BCUT2D eigenvalue weighted by atomic mass is 10.0. The topological polar surface area (TPSA) is 12.0 Å². The lowest BCUT2D eigenvalue weighted by Gasteiger charge is -2.11. The van der Waals surface area contributed by atoms with Crippen LogP contribution >= 0.6 is 11.6 Å². The minimum absolute atomic E-state index is 0.221. The second-order valence-electron chi connectivity index (χ2n) is 4.97. The Hall–Kier alpha value is -1.45. The van der Waals surface area contributed by atoms with Crippen LogP contribution in [0.15, 0.2) is 36.4 Å². The minimum Gasteiger partial charge on any atom is -0.310 e. The van der Waals surface area contributed by atoms with Crippen LogP contribution in [0.5, 0.6) is 0 Å². The standard InChI is InChI=1S/C16H16ClF2N/c1-10(2)20-9-11-3-6-15(18)14(7-11)13-5-4-12(17)8-16(13)19/h3-8,10,20H,9H2,1-2H3. The number of hydrogen-bond donors (Lipinski definition) is 1. The normalized spacial score (nSPS) is 11.1. The first-order valence-corrected chi connectivity index (χ1v) is 6.82. The van der Waals surface area contributed by atoms with Crippen LogP contribution in [0.2, 0.25) is 5.02 Å². The first-order valence-electron chi connectivity index (χ1n) is 6.44. The molecule has 0 saturated heterocycles. The molecule has 4 heteroatoms. The van der Waals surface area contributed by atoms with Gasteiger partial charge < -0.3 is 5.32 Å². The van der Waals surface area contributed by atoms with Crippen LogP contribution in [-0.2, 0) is 6.54 Å². The summed E-state index contributed by atoms with van der Waals surface area (Å²) in [6.45, 7) is 4.67. The molecular formula is C16H16ClF2N. The van der Waals surface area contributed by atoms with Crippen molar-refractivity contribution in [3.05, 3.63) is 58.6 Å². The lowest BCUT2D eigenvalue weighted by molar-refractivity contribution is 0.586. The van der Waals surface area contributed by atoms with Gasteiger partial charge in [0.05, 0.1) is 0 Å². The molecule has 0 aliphatic heterocycles. The molecule has 1 nitrogen and oxygen atoms in total. The van der Waals surface area contributed by atoms with E-state index in [9.17, 15) is 8.78 Å². The van der Waals surface area contributed by atoms with E-state index in [-0.39, 0.29) is 11.1 Å². The summed E-state index contributed by atoms with van der Waals surface area (Å²) in [5, 5.41) is 3.54. The van der Waals surface area contributed by atoms with Crippen LogP contribution in [0.4, 0.5) is 8.78 Å². The molecule has 0 bridgehead atoms. The van der Waals surface area contributed by atoms with Gasteiger partial charge in [-0.05, 0) is 35.9 Å². The van der Waals surface area contributed by atoms with E-state index in [4.69, 9.17) is 11.6 Å². The van der Waals surface area contributed by atoms with Crippen molar-refractivity contribution in [2.24, 2.45) is 0 Å². The zero-order chi connectivity index (χ0) is 14.7. The predicted molar refractivity (Wildman–Crippen MR) is 78.8 cm³/mol. The fourth-order valence-electron chi connectivity index (χ4n) is 1.92. The van der Waals surface area contributed by atoms with Crippen LogP contribution in [0, 0.1) is 11.6 Å². The Morgan fingerprint density at radius 2 is 1.75 bits per heavy atom. The van der Waals surface area contributed by atoms with Crippen molar-refractivity contribution >= 4 is 11.6 Å². The van der Waals surface area contributed by atoms with E-state index in [0.29, 0.717) is 17.6 Å². The monoisotopic (exact) mass is 295 g/mol. The van der Waals surface area contributed by atoms with Gasteiger partial charge in [0.15, 0.2) is 0 Å². The van der Waals surface area contributed by atoms with E-state index in [1.54, 1.807) is 18.2 Å². The Morgan fingerprint density at radius 1 is 1.00 bits per heavy atom. The highest BCUT2D eigenvalue weighted by atomic mass is 35.5. The number of hydrogen-bond acceptors (Lipinski definition) is 1. The quantitative estimate of drug-likeness (QED) is 0.855. The Kier molecular flexibility index (Phi) is 4.73. The summed E-state index contributed by atoms with van der Waals surface area (Å²) in [7, 11) is 0. The highest BCUT2D eigenvalue weighted by Crippen LogP contribution is 2.28. The molecule has 0 radical (unpaired) electrons. The van der Waals surface area contributed by atoms with Crippen molar-refractivity contribution in [2.45, 2.75) is 26.4 Å². The fourth-order valence-corrected chi connectivity index (χ4v) is 2.08. The van der Waals surface area contributed by atoms with Crippen LogP contribution in [-0.4, -0.2) is 6.04 Å². The van der Waals surface area contributed by atoms with Crippen molar-refractivity contribution in [1.82, 2.24) is 5.32 Å². The molecule has 0 aliphatic carbocycles. The molecule has 0 atom stereocenters. The third-order valence-electron chi connectivity index (χ3n) is 2.97. The zero-order valence-corrected chi connectivity index (χ0v) is 12.1. The van der Waals surface area contributed by atoms with Gasteiger partial charge in [-0.3, -0.25) is 0 Å². The molecule has 0 amide bonds. The van der Waals surface area contributed by atoms with Gasteiger partial charge in [0.2, 0.25) is 0 Å². The van der Waals surface area contributed by atoms with Gasteiger partial charge >= 0.3 is 0 Å². The van der Waals surface area contributed by atoms with Gasteiger partial charge in [0.25, 0.3) is 0 Å². The Morgan fingerprint density at radius 3 is 2.40 bits per heavy atom. The smallest absolute Gasteiger partial charge is 0.132 e. The summed E-state index contributed by atoms with van der Waals surface area (Å²) < 4.78 is 27.8. The van der Waals surface area contributed by atoms with E-state index in [0.717, 1.165) is 5.56 Å². The Balaban J connectivity index is 2.37. The number of benzene rings is 2. The lowest BCUT2D eigenvalue weighted by Crippen LogP contribution is -2.21. The molecule has 0 aromatic heterocycles. The molecule has 0 fully saturated rings. The van der Waals surface area contributed by atoms with Crippen LogP contribution < -0.4 is 5.32 Å². The minimum atomic E-state index is -0.523. The molecule has 2 aromatic rings. The van der Waals surface area contributed by atoms with Crippen LogP contribution in [0.3, 0.4) is 0 Å². The predicted octanol–water partition coefficient (Wildman–Crippen LogP) is 4.78. The van der Waals surface area contributed by atoms with Crippen molar-refractivity contribution in [1.29, 1.82) is 0 Å². The van der Waals surface area contributed by atoms with Gasteiger partial charge in [-0.15, -0.1) is 0 Å². The molecule has 0 aliphatic rings. The first-order chi connectivity index (χ1) is 9.47. The van der Waals surface area contributed by atoms with E-state index in [1.807, 2.05) is 13.8 Å². The number of rotatable bonds is 4. The molecule has 2 aromatic carbocycles. The van der Waals surface area contributed by atoms with Crippen molar-refractivity contribution in [3.8, 4) is 11.1 Å². The maximum Gasteiger partial charge on any atom is 0.132 e. The maximum atomic E-state index is 13.9. The molecule has 0 heterocycles. The van der Waals surface area contributed by atoms with Crippen LogP contribution in [0.25, 0.3) is 11.1 Å². The summed E-state index contributed by atoms with van der Waals surface area (Å²) in [6.07, 6.45) is 0. The van der Waals surface area contributed by atoms with Crippen molar-refractivity contribution in [3.63, 3.8) is 0 Å². The summed E-state index contributed by atoms with van der Waals surface area (Å²) in [5.41, 5.74) is 1.38. The maximum absolute atomic E-state index is 13.9. The molecule has 2 rings (SSSR count). The van der Waals surface area contributed by atoms with Gasteiger partial charge in [-0.2, -0.15) is 0 Å². The molecule has 0 unspecified atom stereocenters. The van der Waals surface area contributed by atoms with Gasteiger partial charge in [0.1, 0.15) is 11.6 Å². The Labute approximate surface area is 122 Å². The summed E-state index contributed by atoms with van der Waals surface area (Å²) in [5.74, 6) is -0.968. The van der Waals surface area contributed by atoms with E-state index in [2.05, 4.69) is 5.32 Å². The zero-order valence-electron chi connectivity index (χ0n) is 11.4. The molecular weight excluding hydrogens is 280 g/mol. The summed E-state index contributed by atoms with van der Waals surface area (Å²) in [6, 6.07) is 9.29. The number of nitrogens with one attached hydrogen (secondary N) is 1. The molecule has 1 N–H and O–H groups in total. The van der Waals surface area contributed by atoms with E-state index in [1.165, 1.54) is 18.2 Å².